The van der Waals surface area contributed by atoms with Crippen molar-refractivity contribution in [1.29, 1.82) is 0 Å². The number of nitrogens with one attached hydrogen (secondary N) is 1. The molecule has 0 radical (unpaired) electrons. The minimum atomic E-state index is -3.63. The Hall–Kier alpha value is -2.23. The summed E-state index contributed by atoms with van der Waals surface area (Å²) in [6, 6.07) is 7.40. The van der Waals surface area contributed by atoms with E-state index in [1.165, 1.54) is 27.9 Å². The van der Waals surface area contributed by atoms with Crippen molar-refractivity contribution in [3.05, 3.63) is 46.2 Å². The summed E-state index contributed by atoms with van der Waals surface area (Å²) in [5.41, 5.74) is 0.134. The van der Waals surface area contributed by atoms with Crippen molar-refractivity contribution < 1.29 is 23.1 Å². The highest BCUT2D eigenvalue weighted by Crippen LogP contribution is 2.27. The lowest BCUT2D eigenvalue weighted by molar-refractivity contribution is 0.0698. The van der Waals surface area contributed by atoms with E-state index in [1.54, 1.807) is 12.1 Å². The van der Waals surface area contributed by atoms with Crippen molar-refractivity contribution in [2.75, 3.05) is 18.4 Å². The number of anilines is 1. The quantitative estimate of drug-likeness (QED) is 0.791. The number of carbonyl (C=O) groups is 2. The van der Waals surface area contributed by atoms with Gasteiger partial charge in [0.15, 0.2) is 0 Å². The van der Waals surface area contributed by atoms with Crippen LogP contribution in [0.5, 0.6) is 0 Å². The standard InChI is InChI=1S/C18H20N2O5S2/c1-12-5-4-8-20(10-12)27(24,25)13-9-16(26-11-13)17(21)19-15-7-3-2-6-14(15)18(22)23/h2-3,6-7,9,11-12H,4-5,8,10H2,1H3,(H,19,21)(H,22,23). The number of hydrogen-bond acceptors (Lipinski definition) is 5. The lowest BCUT2D eigenvalue weighted by Gasteiger charge is -2.29. The van der Waals surface area contributed by atoms with Gasteiger partial charge in [0, 0.05) is 18.5 Å². The van der Waals surface area contributed by atoms with Gasteiger partial charge in [-0.3, -0.25) is 4.79 Å². The number of thiophene rings is 1. The molecule has 1 amide bonds. The molecule has 1 aliphatic heterocycles. The highest BCUT2D eigenvalue weighted by molar-refractivity contribution is 7.89. The van der Waals surface area contributed by atoms with Gasteiger partial charge >= 0.3 is 5.97 Å². The third-order valence-electron chi connectivity index (χ3n) is 4.46. The zero-order valence-electron chi connectivity index (χ0n) is 14.7. The van der Waals surface area contributed by atoms with Gasteiger partial charge in [0.2, 0.25) is 10.0 Å². The Morgan fingerprint density at radius 3 is 2.74 bits per heavy atom. The van der Waals surface area contributed by atoms with Crippen LogP contribution >= 0.6 is 11.3 Å². The van der Waals surface area contributed by atoms with Crippen LogP contribution in [0.3, 0.4) is 0 Å². The summed E-state index contributed by atoms with van der Waals surface area (Å²) >= 11 is 1.02. The van der Waals surface area contributed by atoms with Gasteiger partial charge in [-0.2, -0.15) is 4.31 Å². The van der Waals surface area contributed by atoms with Crippen LogP contribution < -0.4 is 5.32 Å². The predicted molar refractivity (Wildman–Crippen MR) is 103 cm³/mol. The minimum absolute atomic E-state index is 0.0300. The van der Waals surface area contributed by atoms with Crippen molar-refractivity contribution in [3.63, 3.8) is 0 Å². The van der Waals surface area contributed by atoms with Gasteiger partial charge in [0.05, 0.1) is 21.0 Å². The summed E-state index contributed by atoms with van der Waals surface area (Å²) in [5.74, 6) is -1.39. The van der Waals surface area contributed by atoms with Gasteiger partial charge < -0.3 is 10.4 Å². The Kier molecular flexibility index (Phi) is 5.64. The molecule has 3 rings (SSSR count). The average Bonchev–Trinajstić information content (AvgIpc) is 3.13. The van der Waals surface area contributed by atoms with Crippen LogP contribution in [-0.2, 0) is 10.0 Å². The molecule has 1 aromatic heterocycles. The van der Waals surface area contributed by atoms with E-state index in [4.69, 9.17) is 0 Å². The number of hydrogen-bond donors (Lipinski definition) is 2. The van der Waals surface area contributed by atoms with Gasteiger partial charge in [0.1, 0.15) is 0 Å². The minimum Gasteiger partial charge on any atom is -0.478 e. The molecule has 0 saturated carbocycles. The van der Waals surface area contributed by atoms with E-state index in [1.807, 2.05) is 6.92 Å². The third-order valence-corrected chi connectivity index (χ3v) is 7.38. The molecular weight excluding hydrogens is 388 g/mol. The normalized spacial score (nSPS) is 18.2. The Balaban J connectivity index is 1.79. The SMILES string of the molecule is CC1CCCN(S(=O)(=O)c2csc(C(=O)Nc3ccccc3C(=O)O)c2)C1. The number of sulfonamides is 1. The molecule has 1 aromatic carbocycles. The molecule has 1 fully saturated rings. The lowest BCUT2D eigenvalue weighted by atomic mass is 10.0. The summed E-state index contributed by atoms with van der Waals surface area (Å²) in [6.45, 7) is 2.98. The van der Waals surface area contributed by atoms with Gasteiger partial charge in [-0.15, -0.1) is 11.3 Å². The van der Waals surface area contributed by atoms with Gasteiger partial charge in [-0.25, -0.2) is 13.2 Å². The third kappa shape index (κ3) is 4.20. The van der Waals surface area contributed by atoms with E-state index in [2.05, 4.69) is 5.32 Å². The average molecular weight is 409 g/mol. The zero-order valence-corrected chi connectivity index (χ0v) is 16.3. The highest BCUT2D eigenvalue weighted by Gasteiger charge is 2.30. The van der Waals surface area contributed by atoms with Crippen LogP contribution in [0.2, 0.25) is 0 Å². The summed E-state index contributed by atoms with van der Waals surface area (Å²) in [5, 5.41) is 13.2. The number of rotatable bonds is 5. The second-order valence-electron chi connectivity index (χ2n) is 6.56. The molecule has 2 N–H and O–H groups in total. The molecule has 144 valence electrons. The summed E-state index contributed by atoms with van der Waals surface area (Å²) in [7, 11) is -3.63. The number of para-hydroxylation sites is 1. The Bertz CT molecular complexity index is 968. The van der Waals surface area contributed by atoms with Crippen molar-refractivity contribution >= 4 is 38.9 Å². The van der Waals surface area contributed by atoms with Crippen LogP contribution in [-0.4, -0.2) is 42.8 Å². The Morgan fingerprint density at radius 2 is 2.04 bits per heavy atom. The largest absolute Gasteiger partial charge is 0.478 e. The lowest BCUT2D eigenvalue weighted by Crippen LogP contribution is -2.38. The van der Waals surface area contributed by atoms with Crippen LogP contribution in [0.25, 0.3) is 0 Å². The van der Waals surface area contributed by atoms with E-state index < -0.39 is 21.9 Å². The molecule has 1 atom stereocenters. The van der Waals surface area contributed by atoms with Crippen molar-refractivity contribution in [2.45, 2.75) is 24.7 Å². The number of nitrogens with zero attached hydrogens (tertiary/aromatic N) is 1. The van der Waals surface area contributed by atoms with Gasteiger partial charge in [0.25, 0.3) is 5.91 Å². The number of piperidine rings is 1. The fourth-order valence-electron chi connectivity index (χ4n) is 3.05. The molecule has 1 unspecified atom stereocenters. The number of carbonyl (C=O) groups excluding carboxylic acids is 1. The van der Waals surface area contributed by atoms with Crippen molar-refractivity contribution in [2.24, 2.45) is 5.92 Å². The maximum atomic E-state index is 12.8. The topological polar surface area (TPSA) is 104 Å². The smallest absolute Gasteiger partial charge is 0.337 e. The van der Waals surface area contributed by atoms with E-state index in [0.717, 1.165) is 24.2 Å². The van der Waals surface area contributed by atoms with E-state index in [-0.39, 0.29) is 21.0 Å². The van der Waals surface area contributed by atoms with E-state index >= 15 is 0 Å². The maximum Gasteiger partial charge on any atom is 0.337 e. The molecular formula is C18H20N2O5S2. The van der Waals surface area contributed by atoms with Gasteiger partial charge in [-0.1, -0.05) is 19.1 Å². The van der Waals surface area contributed by atoms with Crippen LogP contribution in [0.15, 0.2) is 40.6 Å². The Labute approximate surface area is 161 Å². The zero-order chi connectivity index (χ0) is 19.6. The van der Waals surface area contributed by atoms with Gasteiger partial charge in [-0.05, 0) is 37.0 Å². The number of carboxylic acid groups (broad SMARTS) is 1. The predicted octanol–water partition coefficient (Wildman–Crippen LogP) is 3.12. The first-order valence-electron chi connectivity index (χ1n) is 8.51. The number of carboxylic acids is 1. The second-order valence-corrected chi connectivity index (χ2v) is 9.41. The summed E-state index contributed by atoms with van der Waals surface area (Å²) < 4.78 is 27.1. The molecule has 7 nitrogen and oxygen atoms in total. The summed E-state index contributed by atoms with van der Waals surface area (Å²) in [4.78, 5) is 24.0. The van der Waals surface area contributed by atoms with Crippen molar-refractivity contribution in [3.8, 4) is 0 Å². The maximum absolute atomic E-state index is 12.8. The molecule has 0 spiro atoms. The van der Waals surface area contributed by atoms with Crippen LogP contribution in [0, 0.1) is 5.92 Å². The number of benzene rings is 1. The highest BCUT2D eigenvalue weighted by atomic mass is 32.2. The number of aromatic carboxylic acids is 1. The molecule has 2 heterocycles. The first kappa shape index (κ1) is 19.5. The second kappa shape index (κ2) is 7.79. The molecule has 0 aliphatic carbocycles. The fourth-order valence-corrected chi connectivity index (χ4v) is 5.80. The van der Waals surface area contributed by atoms with E-state index in [0.29, 0.717) is 19.0 Å². The molecule has 27 heavy (non-hydrogen) atoms. The Morgan fingerprint density at radius 1 is 1.30 bits per heavy atom. The fraction of sp³-hybridized carbons (Fsp3) is 0.333. The number of amides is 1. The van der Waals surface area contributed by atoms with Crippen LogP contribution in [0.4, 0.5) is 5.69 Å². The monoisotopic (exact) mass is 408 g/mol. The first-order chi connectivity index (χ1) is 12.8. The molecule has 2 aromatic rings. The summed E-state index contributed by atoms with van der Waals surface area (Å²) in [6.07, 6.45) is 1.83. The first-order valence-corrected chi connectivity index (χ1v) is 10.8. The van der Waals surface area contributed by atoms with Crippen LogP contribution in [0.1, 0.15) is 39.8 Å². The molecule has 1 saturated heterocycles. The molecule has 9 heteroatoms. The molecule has 1 aliphatic rings. The van der Waals surface area contributed by atoms with E-state index in [9.17, 15) is 23.1 Å². The molecule has 0 bridgehead atoms. The van der Waals surface area contributed by atoms with Crippen molar-refractivity contribution in [1.82, 2.24) is 4.31 Å².